The van der Waals surface area contributed by atoms with Crippen LogP contribution in [0.1, 0.15) is 18.5 Å². The SMILES string of the molecule is CN1CCCC(Cc2ccc(Cl)nn2)C1. The number of halogens is 1. The second kappa shape index (κ2) is 4.90. The fourth-order valence-electron chi connectivity index (χ4n) is 2.19. The van der Waals surface area contributed by atoms with E-state index in [1.165, 1.54) is 25.9 Å². The van der Waals surface area contributed by atoms with Crippen molar-refractivity contribution in [3.8, 4) is 0 Å². The third-order valence-electron chi connectivity index (χ3n) is 2.91. The molecule has 3 nitrogen and oxygen atoms in total. The zero-order valence-corrected chi connectivity index (χ0v) is 9.74. The van der Waals surface area contributed by atoms with Crippen LogP contribution in [0.4, 0.5) is 0 Å². The first-order valence-corrected chi connectivity index (χ1v) is 5.78. The summed E-state index contributed by atoms with van der Waals surface area (Å²) in [6.07, 6.45) is 3.62. The van der Waals surface area contributed by atoms with Crippen molar-refractivity contribution in [2.45, 2.75) is 19.3 Å². The molecule has 2 rings (SSSR count). The summed E-state index contributed by atoms with van der Waals surface area (Å²) < 4.78 is 0. The van der Waals surface area contributed by atoms with Gasteiger partial charge in [-0.15, -0.1) is 5.10 Å². The first-order chi connectivity index (χ1) is 7.24. The van der Waals surface area contributed by atoms with Crippen molar-refractivity contribution in [2.75, 3.05) is 20.1 Å². The standard InChI is InChI=1S/C11H16ClN3/c1-15-6-2-3-9(8-15)7-10-4-5-11(12)14-13-10/h4-5,9H,2-3,6-8H2,1H3. The predicted octanol–water partition coefficient (Wildman–Crippen LogP) is 2.01. The van der Waals surface area contributed by atoms with E-state index < -0.39 is 0 Å². The summed E-state index contributed by atoms with van der Waals surface area (Å²) in [5.41, 5.74) is 1.06. The van der Waals surface area contributed by atoms with Crippen molar-refractivity contribution in [3.63, 3.8) is 0 Å². The van der Waals surface area contributed by atoms with Gasteiger partial charge in [0.15, 0.2) is 5.15 Å². The van der Waals surface area contributed by atoms with Gasteiger partial charge in [-0.25, -0.2) is 0 Å². The molecule has 1 saturated heterocycles. The summed E-state index contributed by atoms with van der Waals surface area (Å²) in [5, 5.41) is 8.43. The third-order valence-corrected chi connectivity index (χ3v) is 3.11. The molecule has 0 aliphatic carbocycles. The molecule has 1 unspecified atom stereocenters. The van der Waals surface area contributed by atoms with E-state index in [0.717, 1.165) is 18.0 Å². The molecule has 0 saturated carbocycles. The van der Waals surface area contributed by atoms with Crippen LogP contribution in [0.25, 0.3) is 0 Å². The molecular formula is C11H16ClN3. The molecule has 1 aliphatic rings. The van der Waals surface area contributed by atoms with Gasteiger partial charge >= 0.3 is 0 Å². The topological polar surface area (TPSA) is 29.0 Å². The molecule has 4 heteroatoms. The van der Waals surface area contributed by atoms with Crippen molar-refractivity contribution in [1.29, 1.82) is 0 Å². The largest absolute Gasteiger partial charge is 0.306 e. The van der Waals surface area contributed by atoms with Gasteiger partial charge in [0, 0.05) is 6.54 Å². The summed E-state index contributed by atoms with van der Waals surface area (Å²) in [7, 11) is 2.18. The van der Waals surface area contributed by atoms with E-state index in [4.69, 9.17) is 11.6 Å². The van der Waals surface area contributed by atoms with E-state index >= 15 is 0 Å². The summed E-state index contributed by atoms with van der Waals surface area (Å²) >= 11 is 5.70. The number of piperidine rings is 1. The highest BCUT2D eigenvalue weighted by atomic mass is 35.5. The zero-order chi connectivity index (χ0) is 10.7. The number of rotatable bonds is 2. The highest BCUT2D eigenvalue weighted by Gasteiger charge is 2.17. The molecule has 1 fully saturated rings. The normalized spacial score (nSPS) is 22.9. The van der Waals surface area contributed by atoms with Crippen molar-refractivity contribution in [1.82, 2.24) is 15.1 Å². The average molecular weight is 226 g/mol. The molecule has 0 bridgehead atoms. The molecular weight excluding hydrogens is 210 g/mol. The molecule has 82 valence electrons. The Hall–Kier alpha value is -0.670. The highest BCUT2D eigenvalue weighted by Crippen LogP contribution is 2.18. The minimum absolute atomic E-state index is 0.472. The number of likely N-dealkylation sites (tertiary alicyclic amines) is 1. The third kappa shape index (κ3) is 3.14. The summed E-state index contributed by atoms with van der Waals surface area (Å²) in [6, 6.07) is 3.79. The van der Waals surface area contributed by atoms with Gasteiger partial charge in [0.2, 0.25) is 0 Å². The van der Waals surface area contributed by atoms with Gasteiger partial charge in [0.05, 0.1) is 5.69 Å². The van der Waals surface area contributed by atoms with Gasteiger partial charge in [0.1, 0.15) is 0 Å². The fraction of sp³-hybridized carbons (Fsp3) is 0.636. The maximum absolute atomic E-state index is 5.70. The van der Waals surface area contributed by atoms with E-state index in [1.807, 2.05) is 12.1 Å². The van der Waals surface area contributed by atoms with E-state index in [-0.39, 0.29) is 0 Å². The molecule has 15 heavy (non-hydrogen) atoms. The van der Waals surface area contributed by atoms with Gasteiger partial charge in [0.25, 0.3) is 0 Å². The van der Waals surface area contributed by atoms with E-state index in [1.54, 1.807) is 0 Å². The molecule has 0 aromatic carbocycles. The minimum atomic E-state index is 0.472. The molecule has 0 spiro atoms. The number of hydrogen-bond donors (Lipinski definition) is 0. The number of nitrogens with zero attached hydrogens (tertiary/aromatic N) is 3. The molecule has 0 N–H and O–H groups in total. The lowest BCUT2D eigenvalue weighted by Gasteiger charge is -2.29. The van der Waals surface area contributed by atoms with Crippen LogP contribution in [-0.2, 0) is 6.42 Å². The quantitative estimate of drug-likeness (QED) is 0.771. The molecule has 1 atom stereocenters. The minimum Gasteiger partial charge on any atom is -0.306 e. The Balaban J connectivity index is 1.93. The number of hydrogen-bond acceptors (Lipinski definition) is 3. The molecule has 0 amide bonds. The van der Waals surface area contributed by atoms with Crippen LogP contribution in [-0.4, -0.2) is 35.2 Å². The average Bonchev–Trinajstić information content (AvgIpc) is 2.22. The Morgan fingerprint density at radius 3 is 3.00 bits per heavy atom. The first-order valence-electron chi connectivity index (χ1n) is 5.40. The van der Waals surface area contributed by atoms with Crippen LogP contribution in [0.5, 0.6) is 0 Å². The van der Waals surface area contributed by atoms with Crippen LogP contribution in [0.3, 0.4) is 0 Å². The monoisotopic (exact) mass is 225 g/mol. The van der Waals surface area contributed by atoms with Crippen molar-refractivity contribution >= 4 is 11.6 Å². The lowest BCUT2D eigenvalue weighted by atomic mass is 9.94. The molecule has 1 aromatic rings. The van der Waals surface area contributed by atoms with Crippen molar-refractivity contribution < 1.29 is 0 Å². The zero-order valence-electron chi connectivity index (χ0n) is 8.99. The van der Waals surface area contributed by atoms with Gasteiger partial charge in [-0.1, -0.05) is 11.6 Å². The predicted molar refractivity (Wildman–Crippen MR) is 61.0 cm³/mol. The summed E-state index contributed by atoms with van der Waals surface area (Å²) in [4.78, 5) is 2.39. The fourth-order valence-corrected chi connectivity index (χ4v) is 2.29. The second-order valence-electron chi connectivity index (χ2n) is 4.32. The van der Waals surface area contributed by atoms with Gasteiger partial charge in [-0.2, -0.15) is 5.10 Å². The Kier molecular flexibility index (Phi) is 3.54. The second-order valence-corrected chi connectivity index (χ2v) is 4.71. The highest BCUT2D eigenvalue weighted by molar-refractivity contribution is 6.29. The van der Waals surface area contributed by atoms with Crippen molar-refractivity contribution in [2.24, 2.45) is 5.92 Å². The van der Waals surface area contributed by atoms with E-state index in [2.05, 4.69) is 22.1 Å². The summed E-state index contributed by atoms with van der Waals surface area (Å²) in [5.74, 6) is 0.722. The van der Waals surface area contributed by atoms with Crippen LogP contribution in [0, 0.1) is 5.92 Å². The Morgan fingerprint density at radius 1 is 1.47 bits per heavy atom. The lowest BCUT2D eigenvalue weighted by molar-refractivity contribution is 0.208. The van der Waals surface area contributed by atoms with E-state index in [9.17, 15) is 0 Å². The van der Waals surface area contributed by atoms with Crippen LogP contribution >= 0.6 is 11.6 Å². The number of aromatic nitrogens is 2. The molecule has 0 radical (unpaired) electrons. The van der Waals surface area contributed by atoms with Gasteiger partial charge < -0.3 is 4.90 Å². The lowest BCUT2D eigenvalue weighted by Crippen LogP contribution is -2.33. The maximum Gasteiger partial charge on any atom is 0.151 e. The van der Waals surface area contributed by atoms with Gasteiger partial charge in [-0.3, -0.25) is 0 Å². The molecule has 1 aliphatic heterocycles. The van der Waals surface area contributed by atoms with E-state index in [0.29, 0.717) is 5.15 Å². The maximum atomic E-state index is 5.70. The first kappa shape index (κ1) is 10.8. The molecule has 1 aromatic heterocycles. The van der Waals surface area contributed by atoms with Gasteiger partial charge in [-0.05, 0) is 50.9 Å². The smallest absolute Gasteiger partial charge is 0.151 e. The Bertz CT molecular complexity index is 312. The summed E-state index contributed by atoms with van der Waals surface area (Å²) in [6.45, 7) is 2.40. The van der Waals surface area contributed by atoms with Crippen LogP contribution in [0.15, 0.2) is 12.1 Å². The Labute approximate surface area is 95.5 Å². The Morgan fingerprint density at radius 2 is 2.33 bits per heavy atom. The van der Waals surface area contributed by atoms with Crippen LogP contribution in [0.2, 0.25) is 5.15 Å². The molecule has 2 heterocycles. The van der Waals surface area contributed by atoms with Crippen LogP contribution < -0.4 is 0 Å². The van der Waals surface area contributed by atoms with Crippen molar-refractivity contribution in [3.05, 3.63) is 23.0 Å².